The third-order valence-corrected chi connectivity index (χ3v) is 1.09. The number of hydrogen-bond acceptors (Lipinski definition) is 1. The van der Waals surface area contributed by atoms with Crippen LogP contribution in [0.3, 0.4) is 0 Å². The number of carbonyl (C=O) groups is 1. The van der Waals surface area contributed by atoms with E-state index in [0.29, 0.717) is 6.42 Å². The summed E-state index contributed by atoms with van der Waals surface area (Å²) in [6, 6.07) is 0. The Bertz CT molecular complexity index is 164. The summed E-state index contributed by atoms with van der Waals surface area (Å²) in [5.74, 6) is -5.69. The highest BCUT2D eigenvalue weighted by Gasteiger charge is 2.36. The molecule has 2 nitrogen and oxygen atoms in total. The highest BCUT2D eigenvalue weighted by Crippen LogP contribution is 2.18. The molecule has 0 aromatic carbocycles. The van der Waals surface area contributed by atoms with E-state index in [0.717, 1.165) is 0 Å². The molecule has 0 aliphatic heterocycles. The number of halogens is 2. The molecule has 0 saturated heterocycles. The lowest BCUT2D eigenvalue weighted by atomic mass is 10.2. The molecular weight excluding hydrogens is 154 g/mol. The Labute approximate surface area is 63.5 Å². The van der Waals surface area contributed by atoms with Crippen molar-refractivity contribution in [3.63, 3.8) is 0 Å². The molecule has 0 radical (unpaired) electrons. The Morgan fingerprint density at radius 2 is 2.09 bits per heavy atom. The fourth-order valence-electron chi connectivity index (χ4n) is 0.485. The van der Waals surface area contributed by atoms with Crippen LogP contribution >= 0.6 is 0 Å². The van der Waals surface area contributed by atoms with Gasteiger partial charge in [0.15, 0.2) is 0 Å². The standard InChI is InChI=1S/C7H10F2O2/c1-2-3-4-5-7(8,9)6(10)11/h3-4H,2,5H2,1H3,(H,10,11). The number of aliphatic carboxylic acids is 1. The largest absolute Gasteiger partial charge is 0.477 e. The van der Waals surface area contributed by atoms with Crippen LogP contribution in [0.2, 0.25) is 0 Å². The zero-order valence-corrected chi connectivity index (χ0v) is 6.18. The lowest BCUT2D eigenvalue weighted by Crippen LogP contribution is -2.26. The van der Waals surface area contributed by atoms with Crippen LogP contribution in [0.25, 0.3) is 0 Å². The number of alkyl halides is 2. The first-order chi connectivity index (χ1) is 5.00. The zero-order valence-electron chi connectivity index (χ0n) is 6.18. The molecule has 0 rings (SSSR count). The summed E-state index contributed by atoms with van der Waals surface area (Å²) in [6.45, 7) is 1.79. The van der Waals surface area contributed by atoms with Gasteiger partial charge in [-0.05, 0) is 6.42 Å². The van der Waals surface area contributed by atoms with Crippen molar-refractivity contribution >= 4 is 5.97 Å². The van der Waals surface area contributed by atoms with E-state index in [-0.39, 0.29) is 0 Å². The molecule has 64 valence electrons. The SMILES string of the molecule is CCC=CCC(F)(F)C(=O)O. The number of hydrogen-bond donors (Lipinski definition) is 1. The van der Waals surface area contributed by atoms with Crippen molar-refractivity contribution in [3.05, 3.63) is 12.2 Å². The highest BCUT2D eigenvalue weighted by atomic mass is 19.3. The first-order valence-electron chi connectivity index (χ1n) is 3.27. The maximum atomic E-state index is 12.2. The molecule has 0 atom stereocenters. The fourth-order valence-corrected chi connectivity index (χ4v) is 0.485. The second-order valence-electron chi connectivity index (χ2n) is 2.09. The summed E-state index contributed by atoms with van der Waals surface area (Å²) in [7, 11) is 0. The van der Waals surface area contributed by atoms with Gasteiger partial charge in [-0.3, -0.25) is 0 Å². The van der Waals surface area contributed by atoms with E-state index in [4.69, 9.17) is 5.11 Å². The first-order valence-corrected chi connectivity index (χ1v) is 3.27. The molecule has 0 aromatic heterocycles. The molecule has 11 heavy (non-hydrogen) atoms. The van der Waals surface area contributed by atoms with Crippen molar-refractivity contribution < 1.29 is 18.7 Å². The van der Waals surface area contributed by atoms with Gasteiger partial charge in [-0.2, -0.15) is 8.78 Å². The van der Waals surface area contributed by atoms with Crippen molar-refractivity contribution in [2.45, 2.75) is 25.7 Å². The Kier molecular flexibility index (Phi) is 3.71. The average Bonchev–Trinajstić information content (AvgIpc) is 1.88. The Balaban J connectivity index is 3.92. The fraction of sp³-hybridized carbons (Fsp3) is 0.571. The average molecular weight is 164 g/mol. The van der Waals surface area contributed by atoms with Gasteiger partial charge in [-0.15, -0.1) is 0 Å². The third-order valence-electron chi connectivity index (χ3n) is 1.09. The van der Waals surface area contributed by atoms with E-state index in [9.17, 15) is 13.6 Å². The quantitative estimate of drug-likeness (QED) is 0.646. The van der Waals surface area contributed by atoms with E-state index in [1.54, 1.807) is 6.92 Å². The molecule has 0 bridgehead atoms. The van der Waals surface area contributed by atoms with Gasteiger partial charge in [0.1, 0.15) is 0 Å². The maximum absolute atomic E-state index is 12.2. The monoisotopic (exact) mass is 164 g/mol. The molecule has 0 aliphatic carbocycles. The van der Waals surface area contributed by atoms with Crippen LogP contribution in [0.1, 0.15) is 19.8 Å². The van der Waals surface area contributed by atoms with Gasteiger partial charge in [0.05, 0.1) is 0 Å². The van der Waals surface area contributed by atoms with E-state index in [2.05, 4.69) is 0 Å². The van der Waals surface area contributed by atoms with Crippen LogP contribution < -0.4 is 0 Å². The second kappa shape index (κ2) is 4.05. The van der Waals surface area contributed by atoms with E-state index in [1.807, 2.05) is 0 Å². The molecular formula is C7H10F2O2. The van der Waals surface area contributed by atoms with Crippen molar-refractivity contribution in [2.24, 2.45) is 0 Å². The summed E-state index contributed by atoms with van der Waals surface area (Å²) >= 11 is 0. The number of allylic oxidation sites excluding steroid dienone is 2. The molecule has 0 aliphatic rings. The summed E-state index contributed by atoms with van der Waals surface area (Å²) in [4.78, 5) is 9.83. The third kappa shape index (κ3) is 3.70. The van der Waals surface area contributed by atoms with Gasteiger partial charge < -0.3 is 5.11 Å². The molecule has 4 heteroatoms. The summed E-state index contributed by atoms with van der Waals surface area (Å²) in [5.41, 5.74) is 0. The molecule has 0 saturated carbocycles. The molecule has 0 heterocycles. The van der Waals surface area contributed by atoms with Crippen LogP contribution in [0, 0.1) is 0 Å². The minimum atomic E-state index is -3.62. The van der Waals surface area contributed by atoms with Gasteiger partial charge in [0.25, 0.3) is 0 Å². The topological polar surface area (TPSA) is 37.3 Å². The number of carboxylic acids is 1. The minimum Gasteiger partial charge on any atom is -0.477 e. The van der Waals surface area contributed by atoms with Gasteiger partial charge in [-0.1, -0.05) is 19.1 Å². The minimum absolute atomic E-state index is 0.635. The molecule has 0 fully saturated rings. The van der Waals surface area contributed by atoms with Gasteiger partial charge >= 0.3 is 11.9 Å². The van der Waals surface area contributed by atoms with Crippen molar-refractivity contribution in [2.75, 3.05) is 0 Å². The van der Waals surface area contributed by atoms with Crippen molar-refractivity contribution in [1.29, 1.82) is 0 Å². The van der Waals surface area contributed by atoms with Crippen LogP contribution in [-0.2, 0) is 4.79 Å². The lowest BCUT2D eigenvalue weighted by Gasteiger charge is -2.06. The van der Waals surface area contributed by atoms with Gasteiger partial charge in [-0.25, -0.2) is 4.79 Å². The van der Waals surface area contributed by atoms with E-state index in [1.165, 1.54) is 12.2 Å². The summed E-state index contributed by atoms with van der Waals surface area (Å²) in [6.07, 6.45) is 2.59. The summed E-state index contributed by atoms with van der Waals surface area (Å²) < 4.78 is 24.4. The van der Waals surface area contributed by atoms with E-state index >= 15 is 0 Å². The normalized spacial score (nSPS) is 12.3. The molecule has 0 unspecified atom stereocenters. The molecule has 1 N–H and O–H groups in total. The van der Waals surface area contributed by atoms with Crippen LogP contribution in [0.5, 0.6) is 0 Å². The predicted molar refractivity (Wildman–Crippen MR) is 36.6 cm³/mol. The van der Waals surface area contributed by atoms with Crippen LogP contribution in [0.4, 0.5) is 8.78 Å². The van der Waals surface area contributed by atoms with Crippen LogP contribution in [-0.4, -0.2) is 17.0 Å². The van der Waals surface area contributed by atoms with Gasteiger partial charge in [0, 0.05) is 6.42 Å². The Morgan fingerprint density at radius 1 is 1.55 bits per heavy atom. The van der Waals surface area contributed by atoms with Crippen molar-refractivity contribution in [1.82, 2.24) is 0 Å². The summed E-state index contributed by atoms with van der Waals surface area (Å²) in [5, 5.41) is 7.96. The number of carboxylic acid groups (broad SMARTS) is 1. The highest BCUT2D eigenvalue weighted by molar-refractivity contribution is 5.75. The van der Waals surface area contributed by atoms with Gasteiger partial charge in [0.2, 0.25) is 0 Å². The zero-order chi connectivity index (χ0) is 8.91. The second-order valence-corrected chi connectivity index (χ2v) is 2.09. The number of rotatable bonds is 4. The molecule has 0 amide bonds. The Hall–Kier alpha value is -0.930. The van der Waals surface area contributed by atoms with Crippen LogP contribution in [0.15, 0.2) is 12.2 Å². The molecule has 0 aromatic rings. The predicted octanol–water partition coefficient (Wildman–Crippen LogP) is 2.06. The van der Waals surface area contributed by atoms with E-state index < -0.39 is 18.3 Å². The smallest absolute Gasteiger partial charge is 0.374 e. The lowest BCUT2D eigenvalue weighted by molar-refractivity contribution is -0.164. The maximum Gasteiger partial charge on any atom is 0.374 e. The van der Waals surface area contributed by atoms with Crippen molar-refractivity contribution in [3.8, 4) is 0 Å². The molecule has 0 spiro atoms. The first kappa shape index (κ1) is 10.1. The Morgan fingerprint density at radius 3 is 2.45 bits per heavy atom.